The van der Waals surface area contributed by atoms with Crippen molar-refractivity contribution in [1.82, 2.24) is 19.6 Å². The van der Waals surface area contributed by atoms with Crippen molar-refractivity contribution >= 4 is 27.4 Å². The molecule has 0 radical (unpaired) electrons. The lowest BCUT2D eigenvalue weighted by molar-refractivity contribution is 0.615. The molecule has 0 saturated heterocycles. The summed E-state index contributed by atoms with van der Waals surface area (Å²) in [6.07, 6.45) is 1.85. The van der Waals surface area contributed by atoms with Crippen molar-refractivity contribution in [3.63, 3.8) is 0 Å². The van der Waals surface area contributed by atoms with Gasteiger partial charge in [0.2, 0.25) is 10.9 Å². The van der Waals surface area contributed by atoms with E-state index in [4.69, 9.17) is 4.42 Å². The Kier molecular flexibility index (Phi) is 2.05. The molecule has 3 aromatic heterocycles. The molecule has 6 heteroatoms. The molecule has 4 aromatic rings. The maximum Gasteiger partial charge on any atom is 0.247 e. The maximum absolute atomic E-state index is 5.80. The van der Waals surface area contributed by atoms with Crippen LogP contribution in [0.4, 0.5) is 0 Å². The zero-order valence-corrected chi connectivity index (χ0v) is 11.2. The average Bonchev–Trinajstić information content (AvgIpc) is 3.00. The van der Waals surface area contributed by atoms with E-state index in [0.717, 1.165) is 26.6 Å². The van der Waals surface area contributed by atoms with Gasteiger partial charge in [-0.05, 0) is 25.5 Å². The lowest BCUT2D eigenvalue weighted by Gasteiger charge is -1.89. The van der Waals surface area contributed by atoms with E-state index < -0.39 is 0 Å². The van der Waals surface area contributed by atoms with Crippen LogP contribution in [0.1, 0.15) is 10.6 Å². The molecule has 0 aliphatic carbocycles. The van der Waals surface area contributed by atoms with Gasteiger partial charge >= 0.3 is 0 Å². The standard InChI is InChI=1S/C13H10N4OS/c1-7-4-3-5-9-11(7)18-12(14-9)10-6-17-13(15-10)19-8(2)16-17/h3-6H,1-2H3. The second-order valence-electron chi connectivity index (χ2n) is 4.42. The van der Waals surface area contributed by atoms with Gasteiger partial charge in [0, 0.05) is 0 Å². The maximum atomic E-state index is 5.80. The highest BCUT2D eigenvalue weighted by Crippen LogP contribution is 2.26. The van der Waals surface area contributed by atoms with Crippen LogP contribution < -0.4 is 0 Å². The van der Waals surface area contributed by atoms with Gasteiger partial charge in [-0.2, -0.15) is 5.10 Å². The number of rotatable bonds is 1. The molecule has 0 aliphatic heterocycles. The third kappa shape index (κ3) is 1.57. The highest BCUT2D eigenvalue weighted by Gasteiger charge is 2.14. The summed E-state index contributed by atoms with van der Waals surface area (Å²) in [5, 5.41) is 5.32. The fourth-order valence-electron chi connectivity index (χ4n) is 2.10. The first-order valence-corrected chi connectivity index (χ1v) is 6.72. The zero-order valence-electron chi connectivity index (χ0n) is 10.4. The predicted octanol–water partition coefficient (Wildman–Crippen LogP) is 3.22. The van der Waals surface area contributed by atoms with Crippen LogP contribution in [0.2, 0.25) is 0 Å². The Labute approximate surface area is 112 Å². The van der Waals surface area contributed by atoms with E-state index in [-0.39, 0.29) is 0 Å². The fourth-order valence-corrected chi connectivity index (χ4v) is 2.82. The smallest absolute Gasteiger partial charge is 0.247 e. The molecule has 0 spiro atoms. The van der Waals surface area contributed by atoms with Crippen LogP contribution in [-0.4, -0.2) is 19.6 Å². The first kappa shape index (κ1) is 10.7. The summed E-state index contributed by atoms with van der Waals surface area (Å²) in [6.45, 7) is 3.97. The minimum Gasteiger partial charge on any atom is -0.434 e. The van der Waals surface area contributed by atoms with E-state index in [9.17, 15) is 0 Å². The second-order valence-corrected chi connectivity index (χ2v) is 5.58. The Morgan fingerprint density at radius 2 is 2.11 bits per heavy atom. The third-order valence-electron chi connectivity index (χ3n) is 2.98. The number of imidazole rings is 1. The number of fused-ring (bicyclic) bond motifs is 2. The molecule has 19 heavy (non-hydrogen) atoms. The highest BCUT2D eigenvalue weighted by atomic mass is 32.1. The van der Waals surface area contributed by atoms with Gasteiger partial charge < -0.3 is 4.42 Å². The Hall–Kier alpha value is -2.21. The van der Waals surface area contributed by atoms with Crippen molar-refractivity contribution in [2.45, 2.75) is 13.8 Å². The van der Waals surface area contributed by atoms with Gasteiger partial charge in [0.05, 0.1) is 6.20 Å². The molecule has 3 heterocycles. The van der Waals surface area contributed by atoms with Gasteiger partial charge in [0.1, 0.15) is 16.2 Å². The summed E-state index contributed by atoms with van der Waals surface area (Å²) in [7, 11) is 0. The fraction of sp³-hybridized carbons (Fsp3) is 0.154. The molecule has 4 rings (SSSR count). The van der Waals surface area contributed by atoms with Crippen molar-refractivity contribution in [3.05, 3.63) is 35.0 Å². The quantitative estimate of drug-likeness (QED) is 0.533. The molecular formula is C13H10N4OS. The number of hydrogen-bond acceptors (Lipinski definition) is 5. The van der Waals surface area contributed by atoms with Crippen molar-refractivity contribution in [3.8, 4) is 11.6 Å². The van der Waals surface area contributed by atoms with Gasteiger partial charge in [-0.3, -0.25) is 0 Å². The van der Waals surface area contributed by atoms with Crippen molar-refractivity contribution in [2.24, 2.45) is 0 Å². The van der Waals surface area contributed by atoms with Crippen molar-refractivity contribution < 1.29 is 4.42 Å². The normalized spacial score (nSPS) is 11.7. The summed E-state index contributed by atoms with van der Waals surface area (Å²) in [6, 6.07) is 5.92. The average molecular weight is 270 g/mol. The molecule has 0 amide bonds. The van der Waals surface area contributed by atoms with E-state index in [1.165, 1.54) is 0 Å². The molecule has 94 valence electrons. The Bertz CT molecular complexity index is 870. The van der Waals surface area contributed by atoms with Crippen molar-refractivity contribution in [2.75, 3.05) is 0 Å². The van der Waals surface area contributed by atoms with Crippen molar-refractivity contribution in [1.29, 1.82) is 0 Å². The topological polar surface area (TPSA) is 56.2 Å². The molecule has 0 N–H and O–H groups in total. The molecule has 1 aromatic carbocycles. The number of para-hydroxylation sites is 1. The zero-order chi connectivity index (χ0) is 13.0. The van der Waals surface area contributed by atoms with Gasteiger partial charge in [-0.25, -0.2) is 14.5 Å². The predicted molar refractivity (Wildman–Crippen MR) is 73.3 cm³/mol. The first-order chi connectivity index (χ1) is 9.20. The highest BCUT2D eigenvalue weighted by molar-refractivity contribution is 7.16. The Morgan fingerprint density at radius 3 is 2.89 bits per heavy atom. The van der Waals surface area contributed by atoms with E-state index >= 15 is 0 Å². The number of aryl methyl sites for hydroxylation is 2. The number of oxazole rings is 1. The number of aromatic nitrogens is 4. The van der Waals surface area contributed by atoms with Gasteiger partial charge in [0.15, 0.2) is 5.58 Å². The lowest BCUT2D eigenvalue weighted by atomic mass is 10.2. The van der Waals surface area contributed by atoms with Gasteiger partial charge in [-0.15, -0.1) is 0 Å². The van der Waals surface area contributed by atoms with Crippen LogP contribution in [0.25, 0.3) is 27.6 Å². The minimum absolute atomic E-state index is 0.541. The molecule has 0 unspecified atom stereocenters. The van der Waals surface area contributed by atoms with E-state index in [2.05, 4.69) is 15.1 Å². The second kappa shape index (κ2) is 3.64. The largest absolute Gasteiger partial charge is 0.434 e. The Balaban J connectivity index is 1.93. The van der Waals surface area contributed by atoms with Gasteiger partial charge in [0.25, 0.3) is 0 Å². The van der Waals surface area contributed by atoms with Crippen LogP contribution in [0.3, 0.4) is 0 Å². The number of nitrogens with zero attached hydrogens (tertiary/aromatic N) is 4. The number of hydrogen-bond donors (Lipinski definition) is 0. The van der Waals surface area contributed by atoms with Crippen LogP contribution in [0.5, 0.6) is 0 Å². The third-order valence-corrected chi connectivity index (χ3v) is 3.81. The molecule has 0 bridgehead atoms. The molecule has 0 aliphatic rings. The Morgan fingerprint density at radius 1 is 1.21 bits per heavy atom. The summed E-state index contributed by atoms with van der Waals surface area (Å²) < 4.78 is 7.56. The lowest BCUT2D eigenvalue weighted by Crippen LogP contribution is -1.80. The summed E-state index contributed by atoms with van der Waals surface area (Å²) in [5.41, 5.74) is 3.47. The molecule has 5 nitrogen and oxygen atoms in total. The monoisotopic (exact) mass is 270 g/mol. The van der Waals surface area contributed by atoms with Crippen LogP contribution in [-0.2, 0) is 0 Å². The van der Waals surface area contributed by atoms with E-state index in [1.807, 2.05) is 38.2 Å². The molecule has 0 saturated carbocycles. The SMILES string of the molecule is Cc1nn2cc(-c3nc4cccc(C)c4o3)nc2s1. The molecule has 0 atom stereocenters. The first-order valence-electron chi connectivity index (χ1n) is 5.90. The van der Waals surface area contributed by atoms with Crippen LogP contribution >= 0.6 is 11.3 Å². The van der Waals surface area contributed by atoms with Crippen LogP contribution in [0.15, 0.2) is 28.8 Å². The minimum atomic E-state index is 0.541. The molecule has 0 fully saturated rings. The summed E-state index contributed by atoms with van der Waals surface area (Å²) in [5.74, 6) is 0.541. The van der Waals surface area contributed by atoms with E-state index in [1.54, 1.807) is 15.9 Å². The summed E-state index contributed by atoms with van der Waals surface area (Å²) >= 11 is 1.55. The van der Waals surface area contributed by atoms with Crippen LogP contribution in [0, 0.1) is 13.8 Å². The van der Waals surface area contributed by atoms with Gasteiger partial charge in [-0.1, -0.05) is 23.5 Å². The summed E-state index contributed by atoms with van der Waals surface area (Å²) in [4.78, 5) is 9.82. The number of benzene rings is 1. The molecular weight excluding hydrogens is 260 g/mol. The van der Waals surface area contributed by atoms with E-state index in [0.29, 0.717) is 11.6 Å².